The minimum Gasteiger partial charge on any atom is -0.301 e. The third-order valence-electron chi connectivity index (χ3n) is 5.77. The molecule has 1 saturated carbocycles. The van der Waals surface area contributed by atoms with Gasteiger partial charge in [-0.1, -0.05) is 54.6 Å². The van der Waals surface area contributed by atoms with Gasteiger partial charge in [-0.2, -0.15) is 5.26 Å². The van der Waals surface area contributed by atoms with Crippen LogP contribution in [-0.4, -0.2) is 29.4 Å². The van der Waals surface area contributed by atoms with Crippen molar-refractivity contribution in [2.24, 2.45) is 0 Å². The van der Waals surface area contributed by atoms with Gasteiger partial charge in [0.1, 0.15) is 0 Å². The van der Waals surface area contributed by atoms with Crippen molar-refractivity contribution in [2.45, 2.75) is 70.2 Å². The molecule has 2 unspecified atom stereocenters. The van der Waals surface area contributed by atoms with Crippen LogP contribution in [0.3, 0.4) is 0 Å². The molecule has 0 spiro atoms. The van der Waals surface area contributed by atoms with Gasteiger partial charge in [-0.25, -0.2) is 0 Å². The molecule has 0 aliphatic heterocycles. The molecule has 1 aliphatic carbocycles. The highest BCUT2D eigenvalue weighted by Crippen LogP contribution is 2.40. The van der Waals surface area contributed by atoms with Crippen LogP contribution < -0.4 is 0 Å². The monoisotopic (exact) mass is 410 g/mol. The van der Waals surface area contributed by atoms with Gasteiger partial charge in [-0.05, 0) is 69.2 Å². The number of benzene rings is 2. The predicted octanol–water partition coefficient (Wildman–Crippen LogP) is 6.59. The first-order valence-electron chi connectivity index (χ1n) is 10.9. The minimum absolute atomic E-state index is 0.352. The molecule has 0 radical (unpaired) electrons. The highest BCUT2D eigenvalue weighted by atomic mass is 35.5. The van der Waals surface area contributed by atoms with Gasteiger partial charge < -0.3 is 4.90 Å². The molecule has 2 nitrogen and oxygen atoms in total. The molecule has 2 aromatic rings. The van der Waals surface area contributed by atoms with E-state index in [1.165, 1.54) is 49.4 Å². The summed E-state index contributed by atoms with van der Waals surface area (Å²) < 4.78 is 0. The van der Waals surface area contributed by atoms with Crippen LogP contribution >= 0.6 is 11.6 Å². The van der Waals surface area contributed by atoms with E-state index in [2.05, 4.69) is 73.3 Å². The molecule has 29 heavy (non-hydrogen) atoms. The summed E-state index contributed by atoms with van der Waals surface area (Å²) in [4.78, 5) is 2.60. The van der Waals surface area contributed by atoms with E-state index in [1.54, 1.807) is 6.07 Å². The van der Waals surface area contributed by atoms with Crippen LogP contribution in [0.2, 0.25) is 0 Å². The van der Waals surface area contributed by atoms with E-state index >= 15 is 0 Å². The average molecular weight is 411 g/mol. The predicted molar refractivity (Wildman–Crippen MR) is 125 cm³/mol. The number of hydrogen-bond acceptors (Lipinski definition) is 2. The molecule has 0 N–H and O–H groups in total. The zero-order valence-corrected chi connectivity index (χ0v) is 18.9. The fourth-order valence-corrected chi connectivity index (χ4v) is 4.20. The summed E-state index contributed by atoms with van der Waals surface area (Å²) in [6, 6.07) is 22.4. The first-order chi connectivity index (χ1) is 14.0. The molecule has 2 atom stereocenters. The van der Waals surface area contributed by atoms with Gasteiger partial charge in [-0.3, -0.25) is 0 Å². The SMILES string of the molecule is CC#N.CC(C)N(CCCc1ccc(C2CCC2Cl)cc1)CCc1ccccc1. The number of nitriles is 1. The Labute approximate surface area is 182 Å². The van der Waals surface area contributed by atoms with E-state index in [0.29, 0.717) is 17.3 Å². The lowest BCUT2D eigenvalue weighted by Crippen LogP contribution is -2.34. The lowest BCUT2D eigenvalue weighted by Gasteiger charge is -2.32. The zero-order valence-electron chi connectivity index (χ0n) is 18.2. The highest BCUT2D eigenvalue weighted by Gasteiger charge is 2.29. The van der Waals surface area contributed by atoms with Crippen molar-refractivity contribution in [3.8, 4) is 6.07 Å². The summed E-state index contributed by atoms with van der Waals surface area (Å²) in [5, 5.41) is 7.67. The molecule has 0 saturated heterocycles. The number of aryl methyl sites for hydroxylation is 1. The van der Waals surface area contributed by atoms with E-state index < -0.39 is 0 Å². The van der Waals surface area contributed by atoms with Crippen LogP contribution in [-0.2, 0) is 12.8 Å². The molecule has 156 valence electrons. The van der Waals surface area contributed by atoms with Crippen LogP contribution in [0.4, 0.5) is 0 Å². The Morgan fingerprint density at radius 3 is 2.10 bits per heavy atom. The van der Waals surface area contributed by atoms with Gasteiger partial charge >= 0.3 is 0 Å². The Morgan fingerprint density at radius 1 is 0.966 bits per heavy atom. The standard InChI is InChI=1S/C24H32ClN.C2H3N/c1-19(2)26(18-16-20-7-4-3-5-8-20)17-6-9-21-10-12-22(13-11-21)23-14-15-24(23)25;1-2-3/h3-5,7-8,10-13,19,23-24H,6,9,14-18H2,1-2H3;1H3. The minimum atomic E-state index is 0.352. The van der Waals surface area contributed by atoms with Crippen molar-refractivity contribution in [1.82, 2.24) is 4.90 Å². The zero-order chi connectivity index (χ0) is 21.1. The molecule has 0 amide bonds. The average Bonchev–Trinajstić information content (AvgIpc) is 2.71. The second kappa shape index (κ2) is 12.7. The van der Waals surface area contributed by atoms with Crippen molar-refractivity contribution in [2.75, 3.05) is 13.1 Å². The number of alkyl halides is 1. The Balaban J connectivity index is 0.000000941. The summed E-state index contributed by atoms with van der Waals surface area (Å²) in [6.07, 6.45) is 5.92. The summed E-state index contributed by atoms with van der Waals surface area (Å²) in [5.74, 6) is 0.583. The van der Waals surface area contributed by atoms with Gasteiger partial charge in [-0.15, -0.1) is 11.6 Å². The molecule has 3 heteroatoms. The van der Waals surface area contributed by atoms with E-state index in [4.69, 9.17) is 16.9 Å². The van der Waals surface area contributed by atoms with Gasteiger partial charge in [0.15, 0.2) is 0 Å². The topological polar surface area (TPSA) is 27.0 Å². The van der Waals surface area contributed by atoms with Gasteiger partial charge in [0.05, 0.1) is 6.07 Å². The quantitative estimate of drug-likeness (QED) is 0.436. The van der Waals surface area contributed by atoms with Gasteiger partial charge in [0, 0.05) is 30.8 Å². The van der Waals surface area contributed by atoms with Crippen molar-refractivity contribution < 1.29 is 0 Å². The normalized spacial score (nSPS) is 18.0. The second-order valence-electron chi connectivity index (χ2n) is 8.13. The lowest BCUT2D eigenvalue weighted by molar-refractivity contribution is 0.222. The maximum atomic E-state index is 7.32. The summed E-state index contributed by atoms with van der Waals surface area (Å²) in [6.45, 7) is 8.35. The molecule has 3 rings (SSSR count). The first kappa shape index (κ1) is 23.5. The fourth-order valence-electron chi connectivity index (χ4n) is 3.80. The summed E-state index contributed by atoms with van der Waals surface area (Å²) in [7, 11) is 0. The molecule has 1 fully saturated rings. The number of halogens is 1. The molecule has 0 aromatic heterocycles. The van der Waals surface area contributed by atoms with Crippen LogP contribution in [0, 0.1) is 11.3 Å². The highest BCUT2D eigenvalue weighted by molar-refractivity contribution is 6.21. The van der Waals surface area contributed by atoms with Crippen molar-refractivity contribution in [3.05, 3.63) is 71.3 Å². The Morgan fingerprint density at radius 2 is 1.59 bits per heavy atom. The van der Waals surface area contributed by atoms with Crippen molar-refractivity contribution in [3.63, 3.8) is 0 Å². The van der Waals surface area contributed by atoms with E-state index in [-0.39, 0.29) is 0 Å². The van der Waals surface area contributed by atoms with Crippen molar-refractivity contribution in [1.29, 1.82) is 5.26 Å². The van der Waals surface area contributed by atoms with Crippen LogP contribution in [0.25, 0.3) is 0 Å². The van der Waals surface area contributed by atoms with Gasteiger partial charge in [0.25, 0.3) is 0 Å². The number of rotatable bonds is 9. The Bertz CT molecular complexity index is 734. The Hall–Kier alpha value is -1.82. The van der Waals surface area contributed by atoms with E-state index in [1.807, 2.05) is 0 Å². The third kappa shape index (κ3) is 7.84. The molecule has 1 aliphatic rings. The van der Waals surface area contributed by atoms with Crippen molar-refractivity contribution >= 4 is 11.6 Å². The van der Waals surface area contributed by atoms with Crippen LogP contribution in [0.15, 0.2) is 54.6 Å². The third-order valence-corrected chi connectivity index (χ3v) is 6.29. The molecule has 0 bridgehead atoms. The van der Waals surface area contributed by atoms with Crippen LogP contribution in [0.5, 0.6) is 0 Å². The summed E-state index contributed by atoms with van der Waals surface area (Å²) >= 11 is 6.31. The Kier molecular flexibility index (Phi) is 10.3. The molecular weight excluding hydrogens is 376 g/mol. The van der Waals surface area contributed by atoms with E-state index in [9.17, 15) is 0 Å². The fraction of sp³-hybridized carbons (Fsp3) is 0.500. The van der Waals surface area contributed by atoms with E-state index in [0.717, 1.165) is 19.4 Å². The first-order valence-corrected chi connectivity index (χ1v) is 11.3. The molecular formula is C26H35ClN2. The van der Waals surface area contributed by atoms with Crippen LogP contribution in [0.1, 0.15) is 62.6 Å². The van der Waals surface area contributed by atoms with Gasteiger partial charge in [0.2, 0.25) is 0 Å². The number of hydrogen-bond donors (Lipinski definition) is 0. The second-order valence-corrected chi connectivity index (χ2v) is 8.69. The maximum absolute atomic E-state index is 7.32. The summed E-state index contributed by atoms with van der Waals surface area (Å²) in [5.41, 5.74) is 4.31. The number of nitrogens with zero attached hydrogens (tertiary/aromatic N) is 2. The largest absolute Gasteiger partial charge is 0.301 e. The molecule has 2 aromatic carbocycles. The maximum Gasteiger partial charge on any atom is 0.0587 e. The molecule has 0 heterocycles. The lowest BCUT2D eigenvalue weighted by atomic mass is 9.79. The smallest absolute Gasteiger partial charge is 0.0587 e.